The largest absolute Gasteiger partial charge is 0.481 e. The van der Waals surface area contributed by atoms with Gasteiger partial charge in [0.15, 0.2) is 0 Å². The summed E-state index contributed by atoms with van der Waals surface area (Å²) < 4.78 is 0. The third-order valence-corrected chi connectivity index (χ3v) is 2.94. The Kier molecular flexibility index (Phi) is 10.4. The highest BCUT2D eigenvalue weighted by atomic mass is 16.4. The standard InChI is InChI=1S/C14H27NO3/c1-3-4-5-6-9-12(2)15-13(16)10-7-8-11-14(17)18/h12H,3-11H2,1-2H3,(H,15,16)(H,17,18). The van der Waals surface area contributed by atoms with Gasteiger partial charge in [0.2, 0.25) is 5.91 Å². The van der Waals surface area contributed by atoms with Gasteiger partial charge in [-0.25, -0.2) is 0 Å². The Balaban J connectivity index is 3.46. The predicted molar refractivity (Wildman–Crippen MR) is 72.5 cm³/mol. The molecule has 0 aliphatic carbocycles. The van der Waals surface area contributed by atoms with Crippen molar-refractivity contribution in [3.05, 3.63) is 0 Å². The zero-order valence-corrected chi connectivity index (χ0v) is 11.7. The van der Waals surface area contributed by atoms with Gasteiger partial charge in [-0.05, 0) is 26.2 Å². The highest BCUT2D eigenvalue weighted by Crippen LogP contribution is 2.06. The summed E-state index contributed by atoms with van der Waals surface area (Å²) in [6, 6.07) is 0.230. The predicted octanol–water partition coefficient (Wildman–Crippen LogP) is 3.11. The van der Waals surface area contributed by atoms with Gasteiger partial charge in [0, 0.05) is 18.9 Å². The first-order valence-corrected chi connectivity index (χ1v) is 7.07. The molecule has 0 aliphatic rings. The van der Waals surface area contributed by atoms with E-state index in [1.54, 1.807) is 0 Å². The van der Waals surface area contributed by atoms with Crippen molar-refractivity contribution < 1.29 is 14.7 Å². The maximum atomic E-state index is 11.5. The summed E-state index contributed by atoms with van der Waals surface area (Å²) in [6.07, 6.45) is 7.73. The number of carboxylic acids is 1. The minimum atomic E-state index is -0.792. The zero-order chi connectivity index (χ0) is 13.8. The van der Waals surface area contributed by atoms with Gasteiger partial charge in [-0.3, -0.25) is 9.59 Å². The van der Waals surface area contributed by atoms with Gasteiger partial charge >= 0.3 is 5.97 Å². The van der Waals surface area contributed by atoms with Gasteiger partial charge < -0.3 is 10.4 Å². The van der Waals surface area contributed by atoms with Crippen molar-refractivity contribution in [1.29, 1.82) is 0 Å². The first kappa shape index (κ1) is 16.9. The van der Waals surface area contributed by atoms with Crippen LogP contribution in [0.5, 0.6) is 0 Å². The highest BCUT2D eigenvalue weighted by molar-refractivity contribution is 5.76. The zero-order valence-electron chi connectivity index (χ0n) is 11.7. The second kappa shape index (κ2) is 11.1. The maximum absolute atomic E-state index is 11.5. The monoisotopic (exact) mass is 257 g/mol. The molecular formula is C14H27NO3. The number of carbonyl (C=O) groups is 2. The Morgan fingerprint density at radius 3 is 2.33 bits per heavy atom. The number of carbonyl (C=O) groups excluding carboxylic acids is 1. The van der Waals surface area contributed by atoms with Gasteiger partial charge in [-0.15, -0.1) is 0 Å². The number of carboxylic acid groups (broad SMARTS) is 1. The van der Waals surface area contributed by atoms with E-state index in [9.17, 15) is 9.59 Å². The van der Waals surface area contributed by atoms with Crippen LogP contribution in [0.2, 0.25) is 0 Å². The van der Waals surface area contributed by atoms with Crippen LogP contribution in [0.3, 0.4) is 0 Å². The molecule has 0 fully saturated rings. The number of aliphatic carboxylic acids is 1. The summed E-state index contributed by atoms with van der Waals surface area (Å²) in [5, 5.41) is 11.4. The fourth-order valence-electron chi connectivity index (χ4n) is 1.86. The van der Waals surface area contributed by atoms with E-state index in [0.29, 0.717) is 19.3 Å². The first-order chi connectivity index (χ1) is 8.56. The van der Waals surface area contributed by atoms with E-state index in [1.165, 1.54) is 19.3 Å². The van der Waals surface area contributed by atoms with Crippen LogP contribution in [-0.2, 0) is 9.59 Å². The van der Waals surface area contributed by atoms with Crippen LogP contribution in [0.1, 0.15) is 71.6 Å². The molecule has 1 atom stereocenters. The molecule has 0 aromatic carbocycles. The van der Waals surface area contributed by atoms with Crippen LogP contribution in [0.25, 0.3) is 0 Å². The molecule has 18 heavy (non-hydrogen) atoms. The molecule has 0 aliphatic heterocycles. The molecule has 0 radical (unpaired) electrons. The van der Waals surface area contributed by atoms with E-state index in [4.69, 9.17) is 5.11 Å². The Bertz CT molecular complexity index is 241. The van der Waals surface area contributed by atoms with Crippen LogP contribution in [0.4, 0.5) is 0 Å². The van der Waals surface area contributed by atoms with Gasteiger partial charge in [-0.2, -0.15) is 0 Å². The first-order valence-electron chi connectivity index (χ1n) is 7.07. The van der Waals surface area contributed by atoms with E-state index < -0.39 is 5.97 Å². The molecule has 0 aromatic rings. The minimum Gasteiger partial charge on any atom is -0.481 e. The number of hydrogen-bond donors (Lipinski definition) is 2. The molecule has 2 N–H and O–H groups in total. The van der Waals surface area contributed by atoms with Crippen molar-refractivity contribution >= 4 is 11.9 Å². The van der Waals surface area contributed by atoms with Crippen molar-refractivity contribution in [2.75, 3.05) is 0 Å². The Hall–Kier alpha value is -1.06. The van der Waals surface area contributed by atoms with Crippen LogP contribution < -0.4 is 5.32 Å². The molecule has 106 valence electrons. The third-order valence-electron chi connectivity index (χ3n) is 2.94. The van der Waals surface area contributed by atoms with Crippen molar-refractivity contribution in [2.45, 2.75) is 77.7 Å². The number of rotatable bonds is 11. The number of amides is 1. The van der Waals surface area contributed by atoms with Crippen LogP contribution in [0.15, 0.2) is 0 Å². The Morgan fingerprint density at radius 2 is 1.72 bits per heavy atom. The molecule has 0 aromatic heterocycles. The quantitative estimate of drug-likeness (QED) is 0.559. The lowest BCUT2D eigenvalue weighted by Gasteiger charge is -2.13. The topological polar surface area (TPSA) is 66.4 Å². The fraction of sp³-hybridized carbons (Fsp3) is 0.857. The smallest absolute Gasteiger partial charge is 0.303 e. The van der Waals surface area contributed by atoms with Gasteiger partial charge in [0.1, 0.15) is 0 Å². The van der Waals surface area contributed by atoms with Gasteiger partial charge in [0.25, 0.3) is 0 Å². The second-order valence-corrected chi connectivity index (χ2v) is 4.92. The number of hydrogen-bond acceptors (Lipinski definition) is 2. The molecule has 1 unspecified atom stereocenters. The van der Waals surface area contributed by atoms with Crippen molar-refractivity contribution in [1.82, 2.24) is 5.32 Å². The summed E-state index contributed by atoms with van der Waals surface area (Å²) >= 11 is 0. The van der Waals surface area contributed by atoms with E-state index in [0.717, 1.165) is 12.8 Å². The van der Waals surface area contributed by atoms with Crippen LogP contribution in [0, 0.1) is 0 Å². The SMILES string of the molecule is CCCCCCC(C)NC(=O)CCCCC(=O)O. The summed E-state index contributed by atoms with van der Waals surface area (Å²) in [4.78, 5) is 21.8. The Labute approximate surface area is 110 Å². The third kappa shape index (κ3) is 11.4. The molecule has 0 saturated carbocycles. The molecule has 0 bridgehead atoms. The van der Waals surface area contributed by atoms with E-state index in [2.05, 4.69) is 12.2 Å². The lowest BCUT2D eigenvalue weighted by Crippen LogP contribution is -2.32. The number of nitrogens with one attached hydrogen (secondary N) is 1. The summed E-state index contributed by atoms with van der Waals surface area (Å²) in [5.74, 6) is -0.747. The molecular weight excluding hydrogens is 230 g/mol. The van der Waals surface area contributed by atoms with Crippen molar-refractivity contribution in [3.8, 4) is 0 Å². The molecule has 4 nitrogen and oxygen atoms in total. The summed E-state index contributed by atoms with van der Waals surface area (Å²) in [7, 11) is 0. The van der Waals surface area contributed by atoms with Crippen LogP contribution >= 0.6 is 0 Å². The lowest BCUT2D eigenvalue weighted by atomic mass is 10.1. The lowest BCUT2D eigenvalue weighted by molar-refractivity contribution is -0.137. The van der Waals surface area contributed by atoms with E-state index in [-0.39, 0.29) is 18.4 Å². The molecule has 0 rings (SSSR count). The normalized spacial score (nSPS) is 12.1. The molecule has 0 heterocycles. The van der Waals surface area contributed by atoms with Crippen LogP contribution in [-0.4, -0.2) is 23.0 Å². The Morgan fingerprint density at radius 1 is 1.06 bits per heavy atom. The average molecular weight is 257 g/mol. The van der Waals surface area contributed by atoms with E-state index >= 15 is 0 Å². The van der Waals surface area contributed by atoms with Crippen molar-refractivity contribution in [2.24, 2.45) is 0 Å². The fourth-order valence-corrected chi connectivity index (χ4v) is 1.86. The van der Waals surface area contributed by atoms with Gasteiger partial charge in [0.05, 0.1) is 0 Å². The summed E-state index contributed by atoms with van der Waals surface area (Å²) in [5.41, 5.74) is 0. The molecule has 0 spiro atoms. The molecule has 0 saturated heterocycles. The molecule has 4 heteroatoms. The van der Waals surface area contributed by atoms with E-state index in [1.807, 2.05) is 6.92 Å². The highest BCUT2D eigenvalue weighted by Gasteiger charge is 2.07. The molecule has 1 amide bonds. The summed E-state index contributed by atoms with van der Waals surface area (Å²) in [6.45, 7) is 4.21. The maximum Gasteiger partial charge on any atom is 0.303 e. The van der Waals surface area contributed by atoms with Crippen molar-refractivity contribution in [3.63, 3.8) is 0 Å². The van der Waals surface area contributed by atoms with Gasteiger partial charge in [-0.1, -0.05) is 32.6 Å². The number of unbranched alkanes of at least 4 members (excludes halogenated alkanes) is 4. The minimum absolute atomic E-state index is 0.0448. The second-order valence-electron chi connectivity index (χ2n) is 4.92. The average Bonchev–Trinajstić information content (AvgIpc) is 2.30.